The summed E-state index contributed by atoms with van der Waals surface area (Å²) in [6, 6.07) is 4.75. The average molecular weight is 328 g/mol. The zero-order valence-corrected chi connectivity index (χ0v) is 14.2. The van der Waals surface area contributed by atoms with E-state index < -0.39 is 11.2 Å². The molecular weight excluding hydrogens is 303 g/mol. The molecule has 0 heterocycles. The Kier molecular flexibility index (Phi) is 4.62. The van der Waals surface area contributed by atoms with E-state index in [0.717, 1.165) is 50.5 Å². The van der Waals surface area contributed by atoms with E-state index in [9.17, 15) is 9.18 Å². The summed E-state index contributed by atoms with van der Waals surface area (Å²) in [7, 11) is 0. The van der Waals surface area contributed by atoms with Gasteiger partial charge in [0.05, 0.1) is 5.41 Å². The molecule has 0 amide bonds. The summed E-state index contributed by atoms with van der Waals surface area (Å²) in [5, 5.41) is 0. The number of esters is 1. The van der Waals surface area contributed by atoms with E-state index in [0.29, 0.717) is 11.8 Å². The SMILES string of the molecule is C=CCc1ccc(OC(=O)C23CCC(CC=C)(CC2)CC3)c(F)c1. The van der Waals surface area contributed by atoms with Crippen molar-refractivity contribution in [3.63, 3.8) is 0 Å². The van der Waals surface area contributed by atoms with Crippen LogP contribution in [0.5, 0.6) is 5.75 Å². The maximum atomic E-state index is 14.2. The van der Waals surface area contributed by atoms with Crippen molar-refractivity contribution in [2.75, 3.05) is 0 Å². The minimum Gasteiger partial charge on any atom is -0.423 e. The molecule has 0 aliphatic heterocycles. The van der Waals surface area contributed by atoms with Crippen LogP contribution in [0, 0.1) is 16.6 Å². The predicted molar refractivity (Wildman–Crippen MR) is 93.3 cm³/mol. The second-order valence-corrected chi connectivity index (χ2v) is 7.42. The number of hydrogen-bond donors (Lipinski definition) is 0. The molecule has 24 heavy (non-hydrogen) atoms. The smallest absolute Gasteiger partial charge is 0.317 e. The van der Waals surface area contributed by atoms with Gasteiger partial charge >= 0.3 is 5.97 Å². The first-order valence-corrected chi connectivity index (χ1v) is 8.75. The fraction of sp³-hybridized carbons (Fsp3) is 0.476. The lowest BCUT2D eigenvalue weighted by atomic mass is 9.53. The van der Waals surface area contributed by atoms with Crippen molar-refractivity contribution >= 4 is 5.97 Å². The van der Waals surface area contributed by atoms with Crippen molar-refractivity contribution in [3.05, 3.63) is 54.9 Å². The van der Waals surface area contributed by atoms with E-state index in [2.05, 4.69) is 13.2 Å². The van der Waals surface area contributed by atoms with Gasteiger partial charge in [-0.3, -0.25) is 4.79 Å². The lowest BCUT2D eigenvalue weighted by Gasteiger charge is -2.51. The van der Waals surface area contributed by atoms with E-state index >= 15 is 0 Å². The third-order valence-electron chi connectivity index (χ3n) is 5.99. The molecule has 3 fully saturated rings. The molecule has 2 nitrogen and oxygen atoms in total. The molecular formula is C21H25FO2. The number of benzene rings is 1. The predicted octanol–water partition coefficient (Wildman–Crippen LogP) is 5.38. The second kappa shape index (κ2) is 6.54. The Hall–Kier alpha value is -1.90. The lowest BCUT2D eigenvalue weighted by Crippen LogP contribution is -2.47. The van der Waals surface area contributed by atoms with Crippen LogP contribution in [0.1, 0.15) is 50.5 Å². The average Bonchev–Trinajstić information content (AvgIpc) is 2.59. The van der Waals surface area contributed by atoms with E-state index in [1.165, 1.54) is 6.07 Å². The summed E-state index contributed by atoms with van der Waals surface area (Å²) in [5.74, 6) is -0.702. The minimum atomic E-state index is -0.480. The zero-order chi connectivity index (χ0) is 17.2. The third-order valence-corrected chi connectivity index (χ3v) is 5.99. The van der Waals surface area contributed by atoms with Gasteiger partial charge in [-0.2, -0.15) is 0 Å². The fourth-order valence-corrected chi connectivity index (χ4v) is 4.31. The number of halogens is 1. The number of hydrogen-bond acceptors (Lipinski definition) is 2. The number of allylic oxidation sites excluding steroid dienone is 2. The molecule has 0 atom stereocenters. The van der Waals surface area contributed by atoms with Crippen molar-refractivity contribution in [1.29, 1.82) is 0 Å². The monoisotopic (exact) mass is 328 g/mol. The zero-order valence-electron chi connectivity index (χ0n) is 14.2. The van der Waals surface area contributed by atoms with E-state index in [1.807, 2.05) is 6.08 Å². The number of carbonyl (C=O) groups excluding carboxylic acids is 1. The highest BCUT2D eigenvalue weighted by molar-refractivity contribution is 5.79. The number of fused-ring (bicyclic) bond motifs is 3. The van der Waals surface area contributed by atoms with Gasteiger partial charge in [0.25, 0.3) is 0 Å². The van der Waals surface area contributed by atoms with Gasteiger partial charge in [-0.25, -0.2) is 4.39 Å². The molecule has 3 saturated carbocycles. The van der Waals surface area contributed by atoms with Crippen LogP contribution in [-0.2, 0) is 11.2 Å². The summed E-state index contributed by atoms with van der Waals surface area (Å²) >= 11 is 0. The van der Waals surface area contributed by atoms with E-state index in [1.54, 1.807) is 18.2 Å². The Morgan fingerprint density at radius 3 is 2.33 bits per heavy atom. The Labute approximate surface area is 143 Å². The van der Waals surface area contributed by atoms with Crippen molar-refractivity contribution in [1.82, 2.24) is 0 Å². The second-order valence-electron chi connectivity index (χ2n) is 7.42. The quantitative estimate of drug-likeness (QED) is 0.398. The summed E-state index contributed by atoms with van der Waals surface area (Å²) in [6.07, 6.45) is 11.0. The molecule has 0 saturated heterocycles. The third kappa shape index (κ3) is 3.04. The van der Waals surface area contributed by atoms with E-state index in [4.69, 9.17) is 4.74 Å². The van der Waals surface area contributed by atoms with Gasteiger partial charge in [-0.15, -0.1) is 13.2 Å². The Balaban J connectivity index is 1.70. The molecule has 128 valence electrons. The Bertz CT molecular complexity index is 637. The number of rotatable bonds is 6. The highest BCUT2D eigenvalue weighted by atomic mass is 19.1. The molecule has 0 radical (unpaired) electrons. The van der Waals surface area contributed by atoms with Crippen LogP contribution in [0.3, 0.4) is 0 Å². The molecule has 0 unspecified atom stereocenters. The maximum absolute atomic E-state index is 14.2. The summed E-state index contributed by atoms with van der Waals surface area (Å²) < 4.78 is 19.6. The van der Waals surface area contributed by atoms with Crippen molar-refractivity contribution in [3.8, 4) is 5.75 Å². The standard InChI is InChI=1S/C21H25FO2/c1-3-5-16-6-7-18(17(22)15-16)24-19(23)21-12-9-20(8-4-2,10-13-21)11-14-21/h3-4,6-7,15H,1-2,5,8-14H2. The van der Waals surface area contributed by atoms with Crippen molar-refractivity contribution < 1.29 is 13.9 Å². The van der Waals surface area contributed by atoms with Crippen LogP contribution in [0.25, 0.3) is 0 Å². The van der Waals surface area contributed by atoms with Crippen LogP contribution in [0.4, 0.5) is 4.39 Å². The molecule has 1 aromatic rings. The number of ether oxygens (including phenoxy) is 1. The molecule has 0 N–H and O–H groups in total. The van der Waals surface area contributed by atoms with Gasteiger partial charge in [-0.1, -0.05) is 18.2 Å². The van der Waals surface area contributed by atoms with Crippen LogP contribution in [-0.4, -0.2) is 5.97 Å². The van der Waals surface area contributed by atoms with Crippen LogP contribution < -0.4 is 4.74 Å². The van der Waals surface area contributed by atoms with Crippen molar-refractivity contribution in [2.24, 2.45) is 10.8 Å². The van der Waals surface area contributed by atoms with Crippen molar-refractivity contribution in [2.45, 2.75) is 51.4 Å². The topological polar surface area (TPSA) is 26.3 Å². The molecule has 2 bridgehead atoms. The van der Waals surface area contributed by atoms with Gasteiger partial charge in [0.1, 0.15) is 0 Å². The first kappa shape index (κ1) is 16.9. The van der Waals surface area contributed by atoms with Crippen LogP contribution in [0.2, 0.25) is 0 Å². The Morgan fingerprint density at radius 2 is 1.79 bits per heavy atom. The van der Waals surface area contributed by atoms with Gasteiger partial charge in [0.2, 0.25) is 0 Å². The molecule has 3 aliphatic rings. The van der Waals surface area contributed by atoms with Crippen LogP contribution in [0.15, 0.2) is 43.5 Å². The highest BCUT2D eigenvalue weighted by Gasteiger charge is 2.52. The lowest BCUT2D eigenvalue weighted by molar-refractivity contribution is -0.155. The Morgan fingerprint density at radius 1 is 1.12 bits per heavy atom. The van der Waals surface area contributed by atoms with Gasteiger partial charge in [-0.05, 0) is 74.5 Å². The highest BCUT2D eigenvalue weighted by Crippen LogP contribution is 2.58. The van der Waals surface area contributed by atoms with E-state index in [-0.39, 0.29) is 11.7 Å². The van der Waals surface area contributed by atoms with Gasteiger partial charge in [0.15, 0.2) is 11.6 Å². The summed E-state index contributed by atoms with van der Waals surface area (Å²) in [4.78, 5) is 12.7. The summed E-state index contributed by atoms with van der Waals surface area (Å²) in [6.45, 7) is 7.51. The maximum Gasteiger partial charge on any atom is 0.317 e. The molecule has 0 spiro atoms. The molecule has 3 aliphatic carbocycles. The first-order valence-electron chi connectivity index (χ1n) is 8.75. The minimum absolute atomic E-state index is 0.0377. The summed E-state index contributed by atoms with van der Waals surface area (Å²) in [5.41, 5.74) is 0.737. The fourth-order valence-electron chi connectivity index (χ4n) is 4.31. The first-order chi connectivity index (χ1) is 11.5. The number of carbonyl (C=O) groups is 1. The van der Waals surface area contributed by atoms with Gasteiger partial charge in [0, 0.05) is 0 Å². The largest absolute Gasteiger partial charge is 0.423 e. The van der Waals surface area contributed by atoms with Crippen LogP contribution >= 0.6 is 0 Å². The molecule has 3 heteroatoms. The normalized spacial score (nSPS) is 28.4. The molecule has 4 rings (SSSR count). The molecule has 0 aromatic heterocycles. The molecule has 1 aromatic carbocycles. The van der Waals surface area contributed by atoms with Gasteiger partial charge < -0.3 is 4.74 Å².